The number of nitrogens with zero attached hydrogens (tertiary/aromatic N) is 3. The fourth-order valence-corrected chi connectivity index (χ4v) is 4.46. The van der Waals surface area contributed by atoms with Crippen LogP contribution in [0.1, 0.15) is 54.0 Å². The van der Waals surface area contributed by atoms with Gasteiger partial charge in [-0.15, -0.1) is 0 Å². The number of hydrogen-bond donors (Lipinski definition) is 2. The van der Waals surface area contributed by atoms with Crippen molar-refractivity contribution in [1.29, 1.82) is 0 Å². The van der Waals surface area contributed by atoms with Crippen LogP contribution in [-0.4, -0.2) is 39.9 Å². The Balaban J connectivity index is 1.42. The van der Waals surface area contributed by atoms with Gasteiger partial charge in [-0.25, -0.2) is 10.8 Å². The van der Waals surface area contributed by atoms with Crippen LogP contribution in [0.3, 0.4) is 0 Å². The number of nitrogens with one attached hydrogen (secondary N) is 1. The van der Waals surface area contributed by atoms with Crippen LogP contribution >= 0.6 is 0 Å². The second-order valence-electron chi connectivity index (χ2n) is 8.77. The summed E-state index contributed by atoms with van der Waals surface area (Å²) in [5.41, 5.74) is 2.31. The average molecular weight is 478 g/mol. The molecule has 0 radical (unpaired) electrons. The molecule has 1 saturated carbocycles. The Morgan fingerprint density at radius 1 is 1.17 bits per heavy atom. The van der Waals surface area contributed by atoms with Gasteiger partial charge in [0.15, 0.2) is 11.5 Å². The minimum Gasteiger partial charge on any atom is -0.486 e. The predicted molar refractivity (Wildman–Crippen MR) is 130 cm³/mol. The fraction of sp³-hybridized carbons (Fsp3) is 0.385. The predicted octanol–water partition coefficient (Wildman–Crippen LogP) is 3.63. The SMILES string of the molecule is CNC(=O)[C@H](C1CCCCC1)N(N)C(=O)c1ccc(-c2ccc(OCc3cccc(C)n3)cn2)o1. The highest BCUT2D eigenvalue weighted by Crippen LogP contribution is 2.30. The van der Waals surface area contributed by atoms with E-state index in [2.05, 4.69) is 15.3 Å². The van der Waals surface area contributed by atoms with Crippen molar-refractivity contribution in [3.63, 3.8) is 0 Å². The van der Waals surface area contributed by atoms with E-state index in [9.17, 15) is 9.59 Å². The highest BCUT2D eigenvalue weighted by atomic mass is 16.5. The van der Waals surface area contributed by atoms with E-state index in [4.69, 9.17) is 15.0 Å². The maximum atomic E-state index is 13.1. The summed E-state index contributed by atoms with van der Waals surface area (Å²) in [6.07, 6.45) is 6.50. The third-order valence-electron chi connectivity index (χ3n) is 6.28. The molecule has 1 fully saturated rings. The van der Waals surface area contributed by atoms with Gasteiger partial charge in [0.2, 0.25) is 5.91 Å². The first-order chi connectivity index (χ1) is 17.0. The summed E-state index contributed by atoms with van der Waals surface area (Å²) in [5, 5.41) is 3.66. The molecule has 9 heteroatoms. The second-order valence-corrected chi connectivity index (χ2v) is 8.77. The highest BCUT2D eigenvalue weighted by Gasteiger charge is 2.36. The van der Waals surface area contributed by atoms with Gasteiger partial charge in [0.25, 0.3) is 0 Å². The Labute approximate surface area is 204 Å². The summed E-state index contributed by atoms with van der Waals surface area (Å²) < 4.78 is 11.5. The zero-order valence-corrected chi connectivity index (χ0v) is 20.1. The number of nitrogens with two attached hydrogens (primary N) is 1. The quantitative estimate of drug-likeness (QED) is 0.288. The number of amides is 2. The van der Waals surface area contributed by atoms with E-state index < -0.39 is 11.9 Å². The van der Waals surface area contributed by atoms with Crippen LogP contribution in [0.5, 0.6) is 5.75 Å². The Kier molecular flexibility index (Phi) is 7.77. The van der Waals surface area contributed by atoms with Crippen molar-refractivity contribution in [1.82, 2.24) is 20.3 Å². The zero-order valence-electron chi connectivity index (χ0n) is 20.1. The molecule has 3 heterocycles. The van der Waals surface area contributed by atoms with Gasteiger partial charge in [0, 0.05) is 12.7 Å². The molecule has 184 valence electrons. The van der Waals surface area contributed by atoms with E-state index in [1.807, 2.05) is 25.1 Å². The van der Waals surface area contributed by atoms with Crippen molar-refractivity contribution in [3.8, 4) is 17.2 Å². The molecule has 2 amide bonds. The second kappa shape index (κ2) is 11.1. The van der Waals surface area contributed by atoms with E-state index in [0.717, 1.165) is 48.5 Å². The number of likely N-dealkylation sites (N-methyl/N-ethyl adjacent to an activating group) is 1. The van der Waals surface area contributed by atoms with E-state index in [1.54, 1.807) is 37.5 Å². The number of aryl methyl sites for hydroxylation is 1. The van der Waals surface area contributed by atoms with Crippen LogP contribution in [0.4, 0.5) is 0 Å². The van der Waals surface area contributed by atoms with Crippen LogP contribution in [0, 0.1) is 12.8 Å². The third kappa shape index (κ3) is 5.86. The molecule has 3 aromatic rings. The van der Waals surface area contributed by atoms with E-state index in [0.29, 0.717) is 23.8 Å². The van der Waals surface area contributed by atoms with Gasteiger partial charge in [-0.2, -0.15) is 0 Å². The smallest absolute Gasteiger partial charge is 0.304 e. The van der Waals surface area contributed by atoms with Gasteiger partial charge in [-0.3, -0.25) is 19.6 Å². The molecule has 0 spiro atoms. The molecule has 3 N–H and O–H groups in total. The Hall–Kier alpha value is -3.72. The molecule has 0 bridgehead atoms. The minimum absolute atomic E-state index is 0.0243. The lowest BCUT2D eigenvalue weighted by atomic mass is 9.83. The molecule has 0 unspecified atom stereocenters. The molecule has 0 saturated heterocycles. The third-order valence-corrected chi connectivity index (χ3v) is 6.28. The molecule has 4 rings (SSSR count). The summed E-state index contributed by atoms with van der Waals surface area (Å²) in [4.78, 5) is 34.4. The van der Waals surface area contributed by atoms with Crippen LogP contribution in [0.25, 0.3) is 11.5 Å². The molecule has 0 aromatic carbocycles. The molecule has 0 aliphatic heterocycles. The first kappa shape index (κ1) is 24.4. The fourth-order valence-electron chi connectivity index (χ4n) is 4.46. The maximum absolute atomic E-state index is 13.1. The summed E-state index contributed by atoms with van der Waals surface area (Å²) in [5.74, 6) is 6.47. The number of rotatable bonds is 8. The van der Waals surface area contributed by atoms with Crippen molar-refractivity contribution in [2.45, 2.75) is 51.7 Å². The van der Waals surface area contributed by atoms with Gasteiger partial charge < -0.3 is 14.5 Å². The van der Waals surface area contributed by atoms with E-state index in [1.165, 1.54) is 0 Å². The number of carbonyl (C=O) groups excluding carboxylic acids is 2. The van der Waals surface area contributed by atoms with Gasteiger partial charge in [-0.05, 0) is 62.1 Å². The van der Waals surface area contributed by atoms with Crippen LogP contribution in [0.15, 0.2) is 53.1 Å². The standard InChI is InChI=1S/C26H31N5O4/c1-17-7-6-10-19(30-17)16-34-20-11-12-21(29-15-20)22-13-14-23(35-22)26(33)31(27)24(25(32)28-2)18-8-4-3-5-9-18/h6-7,10-15,18,24H,3-5,8-9,16,27H2,1-2H3,(H,28,32)/t24-/m0/s1. The maximum Gasteiger partial charge on any atom is 0.304 e. The van der Waals surface area contributed by atoms with Crippen LogP contribution < -0.4 is 15.9 Å². The van der Waals surface area contributed by atoms with Gasteiger partial charge in [0.05, 0.1) is 11.9 Å². The van der Waals surface area contributed by atoms with Crippen molar-refractivity contribution >= 4 is 11.8 Å². The van der Waals surface area contributed by atoms with Crippen LogP contribution in [-0.2, 0) is 11.4 Å². The molecule has 3 aromatic heterocycles. The first-order valence-electron chi connectivity index (χ1n) is 11.9. The lowest BCUT2D eigenvalue weighted by Gasteiger charge is -2.34. The summed E-state index contributed by atoms with van der Waals surface area (Å²) >= 11 is 0. The molecular formula is C26H31N5O4. The number of hydrazine groups is 1. The van der Waals surface area contributed by atoms with Crippen molar-refractivity contribution in [2.75, 3.05) is 7.05 Å². The van der Waals surface area contributed by atoms with Gasteiger partial charge in [-0.1, -0.05) is 25.3 Å². The Morgan fingerprint density at radius 3 is 2.66 bits per heavy atom. The molecule has 1 atom stereocenters. The highest BCUT2D eigenvalue weighted by molar-refractivity contribution is 5.95. The molecule has 1 aliphatic rings. The van der Waals surface area contributed by atoms with E-state index >= 15 is 0 Å². The summed E-state index contributed by atoms with van der Waals surface area (Å²) in [7, 11) is 1.55. The number of hydrogen-bond acceptors (Lipinski definition) is 7. The van der Waals surface area contributed by atoms with Gasteiger partial charge in [0.1, 0.15) is 24.1 Å². The largest absolute Gasteiger partial charge is 0.486 e. The molecular weight excluding hydrogens is 446 g/mol. The topological polar surface area (TPSA) is 124 Å². The van der Waals surface area contributed by atoms with Crippen LogP contribution in [0.2, 0.25) is 0 Å². The first-order valence-corrected chi connectivity index (χ1v) is 11.9. The van der Waals surface area contributed by atoms with Crippen molar-refractivity contribution in [3.05, 3.63) is 65.8 Å². The summed E-state index contributed by atoms with van der Waals surface area (Å²) in [6, 6.07) is 11.8. The zero-order chi connectivity index (χ0) is 24.8. The lowest BCUT2D eigenvalue weighted by Crippen LogP contribution is -2.56. The molecule has 9 nitrogen and oxygen atoms in total. The lowest BCUT2D eigenvalue weighted by molar-refractivity contribution is -0.127. The van der Waals surface area contributed by atoms with Gasteiger partial charge >= 0.3 is 5.91 Å². The average Bonchev–Trinajstić information content (AvgIpc) is 3.38. The monoisotopic (exact) mass is 477 g/mol. The number of pyridine rings is 2. The number of furan rings is 1. The summed E-state index contributed by atoms with van der Waals surface area (Å²) in [6.45, 7) is 2.27. The number of aromatic nitrogens is 2. The molecule has 1 aliphatic carbocycles. The minimum atomic E-state index is -0.737. The van der Waals surface area contributed by atoms with E-state index in [-0.39, 0.29) is 17.6 Å². The number of ether oxygens (including phenoxy) is 1. The Bertz CT molecular complexity index is 1150. The van der Waals surface area contributed by atoms with Crippen molar-refractivity contribution < 1.29 is 18.7 Å². The number of carbonyl (C=O) groups is 2. The van der Waals surface area contributed by atoms with Crippen molar-refractivity contribution in [2.24, 2.45) is 11.8 Å². The molecule has 35 heavy (non-hydrogen) atoms. The normalized spacial score (nSPS) is 14.8. The Morgan fingerprint density at radius 2 is 1.97 bits per heavy atom.